The third-order valence-corrected chi connectivity index (χ3v) is 1.78. The number of imide groups is 1. The molecule has 0 spiro atoms. The number of ether oxygens (including phenoxy) is 2. The second-order valence-electron chi connectivity index (χ2n) is 2.87. The second-order valence-corrected chi connectivity index (χ2v) is 2.87. The highest BCUT2D eigenvalue weighted by atomic mass is 16.7. The maximum Gasteiger partial charge on any atom is 0.322 e. The molecule has 3 amide bonds. The van der Waals surface area contributed by atoms with Crippen LogP contribution in [0.25, 0.3) is 0 Å². The molecule has 1 heterocycles. The smallest absolute Gasteiger partial charge is 0.322 e. The van der Waals surface area contributed by atoms with Crippen molar-refractivity contribution in [1.29, 1.82) is 0 Å². The average Bonchev–Trinajstić information content (AvgIpc) is 2.59. The third kappa shape index (κ3) is 1.83. The van der Waals surface area contributed by atoms with Crippen LogP contribution in [0.2, 0.25) is 0 Å². The highest BCUT2D eigenvalue weighted by molar-refractivity contribution is 5.95. The SMILES string of the molecule is NC(=O)NC(=O)C1Oc2ccccc2O1. The summed E-state index contributed by atoms with van der Waals surface area (Å²) < 4.78 is 10.3. The minimum absolute atomic E-state index is 0.460. The predicted molar refractivity (Wildman–Crippen MR) is 49.2 cm³/mol. The molecule has 6 nitrogen and oxygen atoms in total. The second kappa shape index (κ2) is 3.49. The minimum Gasteiger partial charge on any atom is -0.442 e. The van der Waals surface area contributed by atoms with Crippen molar-refractivity contribution in [2.24, 2.45) is 5.73 Å². The Morgan fingerprint density at radius 3 is 2.20 bits per heavy atom. The van der Waals surface area contributed by atoms with Crippen LogP contribution in [0.3, 0.4) is 0 Å². The fraction of sp³-hybridized carbons (Fsp3) is 0.111. The summed E-state index contributed by atoms with van der Waals surface area (Å²) in [7, 11) is 0. The standard InChI is InChI=1S/C9H8N2O4/c10-9(13)11-7(12)8-14-5-3-1-2-4-6(5)15-8/h1-4,8H,(H3,10,11,12,13). The number of nitrogens with two attached hydrogens (primary N) is 1. The lowest BCUT2D eigenvalue weighted by Crippen LogP contribution is -2.45. The average molecular weight is 208 g/mol. The van der Waals surface area contributed by atoms with Crippen molar-refractivity contribution < 1.29 is 19.1 Å². The van der Waals surface area contributed by atoms with E-state index in [1.807, 2.05) is 5.32 Å². The summed E-state index contributed by atoms with van der Waals surface area (Å²) in [5.41, 5.74) is 4.78. The van der Waals surface area contributed by atoms with Crippen LogP contribution < -0.4 is 20.5 Å². The minimum atomic E-state index is -1.16. The Hall–Kier alpha value is -2.24. The van der Waals surface area contributed by atoms with Gasteiger partial charge in [-0.05, 0) is 12.1 Å². The summed E-state index contributed by atoms with van der Waals surface area (Å²) in [6.45, 7) is 0. The third-order valence-electron chi connectivity index (χ3n) is 1.78. The molecule has 1 aliphatic heterocycles. The molecule has 78 valence electrons. The van der Waals surface area contributed by atoms with E-state index in [1.165, 1.54) is 0 Å². The molecular formula is C9H8N2O4. The molecule has 0 radical (unpaired) electrons. The number of urea groups is 1. The largest absolute Gasteiger partial charge is 0.442 e. The number of hydrogen-bond donors (Lipinski definition) is 2. The Labute approximate surface area is 85.0 Å². The van der Waals surface area contributed by atoms with Crippen molar-refractivity contribution in [3.05, 3.63) is 24.3 Å². The van der Waals surface area contributed by atoms with Crippen LogP contribution in [0.5, 0.6) is 11.5 Å². The predicted octanol–water partition coefficient (Wildman–Crippen LogP) is -0.0212. The number of carbonyl (C=O) groups is 2. The van der Waals surface area contributed by atoms with Crippen LogP contribution >= 0.6 is 0 Å². The van der Waals surface area contributed by atoms with Crippen molar-refractivity contribution in [2.45, 2.75) is 6.29 Å². The number of rotatable bonds is 1. The lowest BCUT2D eigenvalue weighted by atomic mass is 10.3. The normalized spacial score (nSPS) is 13.6. The number of hydrogen-bond acceptors (Lipinski definition) is 4. The van der Waals surface area contributed by atoms with Crippen molar-refractivity contribution in [2.75, 3.05) is 0 Å². The molecule has 1 aromatic rings. The first kappa shape index (κ1) is 9.32. The Balaban J connectivity index is 2.07. The van der Waals surface area contributed by atoms with Gasteiger partial charge in [0.25, 0.3) is 0 Å². The molecule has 0 fully saturated rings. The van der Waals surface area contributed by atoms with Gasteiger partial charge in [0.1, 0.15) is 0 Å². The fourth-order valence-corrected chi connectivity index (χ4v) is 1.19. The van der Waals surface area contributed by atoms with E-state index in [1.54, 1.807) is 24.3 Å². The molecule has 0 saturated carbocycles. The van der Waals surface area contributed by atoms with Crippen LogP contribution in [-0.4, -0.2) is 18.2 Å². The van der Waals surface area contributed by atoms with E-state index in [2.05, 4.69) is 0 Å². The highest BCUT2D eigenvalue weighted by Crippen LogP contribution is 2.33. The van der Waals surface area contributed by atoms with Gasteiger partial charge >= 0.3 is 18.2 Å². The summed E-state index contributed by atoms with van der Waals surface area (Å²) in [6, 6.07) is 5.87. The van der Waals surface area contributed by atoms with Crippen molar-refractivity contribution >= 4 is 11.9 Å². The molecule has 0 atom stereocenters. The van der Waals surface area contributed by atoms with Crippen LogP contribution in [0, 0.1) is 0 Å². The zero-order chi connectivity index (χ0) is 10.8. The van der Waals surface area contributed by atoms with Crippen LogP contribution in [0.4, 0.5) is 4.79 Å². The van der Waals surface area contributed by atoms with Gasteiger partial charge in [-0.15, -0.1) is 0 Å². The molecule has 3 N–H and O–H groups in total. The van der Waals surface area contributed by atoms with Gasteiger partial charge in [0.15, 0.2) is 11.5 Å². The summed E-state index contributed by atoms with van der Waals surface area (Å²) in [5.74, 6) is 0.197. The van der Waals surface area contributed by atoms with E-state index >= 15 is 0 Å². The van der Waals surface area contributed by atoms with Gasteiger partial charge in [0, 0.05) is 0 Å². The van der Waals surface area contributed by atoms with Crippen LogP contribution in [-0.2, 0) is 4.79 Å². The van der Waals surface area contributed by atoms with Gasteiger partial charge in [-0.1, -0.05) is 12.1 Å². The topological polar surface area (TPSA) is 90.7 Å². The van der Waals surface area contributed by atoms with Crippen LogP contribution in [0.1, 0.15) is 0 Å². The first-order chi connectivity index (χ1) is 7.16. The Morgan fingerprint density at radius 2 is 1.73 bits per heavy atom. The van der Waals surface area contributed by atoms with E-state index in [0.29, 0.717) is 11.5 Å². The number of carbonyl (C=O) groups excluding carboxylic acids is 2. The molecule has 0 aliphatic carbocycles. The molecular weight excluding hydrogens is 200 g/mol. The number of para-hydroxylation sites is 2. The van der Waals surface area contributed by atoms with Crippen molar-refractivity contribution in [3.8, 4) is 11.5 Å². The Bertz CT molecular complexity index is 393. The summed E-state index contributed by atoms with van der Waals surface area (Å²) in [4.78, 5) is 21.7. The quantitative estimate of drug-likeness (QED) is 0.678. The van der Waals surface area contributed by atoms with Crippen LogP contribution in [0.15, 0.2) is 24.3 Å². The molecule has 0 aromatic heterocycles. The van der Waals surface area contributed by atoms with Gasteiger partial charge in [-0.25, -0.2) is 4.79 Å². The van der Waals surface area contributed by atoms with Gasteiger partial charge in [-0.3, -0.25) is 10.1 Å². The molecule has 0 bridgehead atoms. The van der Waals surface area contributed by atoms with E-state index in [4.69, 9.17) is 15.2 Å². The van der Waals surface area contributed by atoms with Gasteiger partial charge in [0.2, 0.25) is 0 Å². The van der Waals surface area contributed by atoms with Crippen molar-refractivity contribution in [3.63, 3.8) is 0 Å². The number of fused-ring (bicyclic) bond motifs is 1. The summed E-state index contributed by atoms with van der Waals surface area (Å²) >= 11 is 0. The van der Waals surface area contributed by atoms with Gasteiger partial charge in [-0.2, -0.15) is 0 Å². The van der Waals surface area contributed by atoms with E-state index < -0.39 is 18.2 Å². The Morgan fingerprint density at radius 1 is 1.20 bits per heavy atom. The Kier molecular flexibility index (Phi) is 2.17. The number of amides is 3. The first-order valence-electron chi connectivity index (χ1n) is 4.19. The molecule has 2 rings (SSSR count). The number of primary amides is 1. The zero-order valence-electron chi connectivity index (χ0n) is 7.60. The van der Waals surface area contributed by atoms with E-state index in [9.17, 15) is 9.59 Å². The monoisotopic (exact) mass is 208 g/mol. The fourth-order valence-electron chi connectivity index (χ4n) is 1.19. The van der Waals surface area contributed by atoms with E-state index in [0.717, 1.165) is 0 Å². The number of benzene rings is 1. The summed E-state index contributed by atoms with van der Waals surface area (Å²) in [6.07, 6.45) is -1.16. The van der Waals surface area contributed by atoms with Gasteiger partial charge < -0.3 is 15.2 Å². The maximum atomic E-state index is 11.3. The lowest BCUT2D eigenvalue weighted by molar-refractivity contribution is -0.135. The van der Waals surface area contributed by atoms with Crippen molar-refractivity contribution in [1.82, 2.24) is 5.32 Å². The molecule has 0 saturated heterocycles. The highest BCUT2D eigenvalue weighted by Gasteiger charge is 2.30. The zero-order valence-corrected chi connectivity index (χ0v) is 7.60. The first-order valence-corrected chi connectivity index (χ1v) is 4.19. The molecule has 6 heteroatoms. The molecule has 1 aliphatic rings. The molecule has 0 unspecified atom stereocenters. The molecule has 15 heavy (non-hydrogen) atoms. The summed E-state index contributed by atoms with van der Waals surface area (Å²) in [5, 5.41) is 1.87. The van der Waals surface area contributed by atoms with Gasteiger partial charge in [0.05, 0.1) is 0 Å². The number of nitrogens with one attached hydrogen (secondary N) is 1. The maximum absolute atomic E-state index is 11.3. The van der Waals surface area contributed by atoms with E-state index in [-0.39, 0.29) is 0 Å². The lowest BCUT2D eigenvalue weighted by Gasteiger charge is -2.07. The molecule has 1 aromatic carbocycles.